The van der Waals surface area contributed by atoms with Crippen LogP contribution in [0.5, 0.6) is 5.88 Å². The van der Waals surface area contributed by atoms with Gasteiger partial charge in [0.2, 0.25) is 5.91 Å². The Bertz CT molecular complexity index is 1040. The summed E-state index contributed by atoms with van der Waals surface area (Å²) in [6.07, 6.45) is 11.0. The first-order valence-corrected chi connectivity index (χ1v) is 11.2. The van der Waals surface area contributed by atoms with E-state index in [9.17, 15) is 4.79 Å². The van der Waals surface area contributed by atoms with Gasteiger partial charge in [-0.3, -0.25) is 9.78 Å². The summed E-state index contributed by atoms with van der Waals surface area (Å²) in [6, 6.07) is 5.59. The molecule has 0 spiro atoms. The SMILES string of the molecule is CCCc1ncc(-c2ccncc2)c(C2CCCCN2C(=O)CCc2cc(OC)no2)n1. The first-order chi connectivity index (χ1) is 15.7. The van der Waals surface area contributed by atoms with Crippen molar-refractivity contribution < 1.29 is 14.1 Å². The van der Waals surface area contributed by atoms with E-state index in [-0.39, 0.29) is 11.9 Å². The van der Waals surface area contributed by atoms with Crippen LogP contribution in [-0.2, 0) is 17.6 Å². The Morgan fingerprint density at radius 1 is 1.25 bits per heavy atom. The van der Waals surface area contributed by atoms with Crippen LogP contribution in [0.1, 0.15) is 62.3 Å². The van der Waals surface area contributed by atoms with Crippen LogP contribution in [-0.4, -0.2) is 44.6 Å². The summed E-state index contributed by atoms with van der Waals surface area (Å²) in [5.74, 6) is 2.00. The van der Waals surface area contributed by atoms with E-state index in [4.69, 9.17) is 14.2 Å². The molecule has 1 aliphatic rings. The minimum absolute atomic E-state index is 0.0673. The van der Waals surface area contributed by atoms with E-state index in [1.165, 1.54) is 0 Å². The minimum atomic E-state index is -0.0673. The van der Waals surface area contributed by atoms with Crippen LogP contribution in [0, 0.1) is 0 Å². The predicted octanol–water partition coefficient (Wildman–Crippen LogP) is 4.17. The molecule has 1 atom stereocenters. The molecule has 32 heavy (non-hydrogen) atoms. The number of carbonyl (C=O) groups excluding carboxylic acids is 1. The van der Waals surface area contributed by atoms with Gasteiger partial charge in [0, 0.05) is 56.0 Å². The molecule has 0 bridgehead atoms. The number of amides is 1. The van der Waals surface area contributed by atoms with E-state index in [0.717, 1.165) is 61.3 Å². The molecule has 1 fully saturated rings. The summed E-state index contributed by atoms with van der Waals surface area (Å²) < 4.78 is 10.3. The molecule has 1 aliphatic heterocycles. The lowest BCUT2D eigenvalue weighted by molar-refractivity contribution is -0.135. The summed E-state index contributed by atoms with van der Waals surface area (Å²) >= 11 is 0. The third-order valence-electron chi connectivity index (χ3n) is 5.80. The van der Waals surface area contributed by atoms with E-state index in [1.54, 1.807) is 25.6 Å². The number of nitrogens with zero attached hydrogens (tertiary/aromatic N) is 5. The molecule has 0 N–H and O–H groups in total. The molecule has 1 unspecified atom stereocenters. The van der Waals surface area contributed by atoms with Crippen LogP contribution in [0.4, 0.5) is 0 Å². The zero-order chi connectivity index (χ0) is 22.3. The zero-order valence-corrected chi connectivity index (χ0v) is 18.7. The maximum atomic E-state index is 13.3. The van der Waals surface area contributed by atoms with Crippen LogP contribution >= 0.6 is 0 Å². The highest BCUT2D eigenvalue weighted by molar-refractivity contribution is 5.77. The Labute approximate surface area is 188 Å². The molecular weight excluding hydrogens is 406 g/mol. The molecule has 4 rings (SSSR count). The molecular formula is C24H29N5O3. The van der Waals surface area contributed by atoms with Crippen LogP contribution < -0.4 is 4.74 Å². The Morgan fingerprint density at radius 3 is 2.84 bits per heavy atom. The molecule has 0 aromatic carbocycles. The molecule has 1 amide bonds. The topological polar surface area (TPSA) is 94.2 Å². The van der Waals surface area contributed by atoms with Crippen LogP contribution in [0.3, 0.4) is 0 Å². The molecule has 0 saturated carbocycles. The summed E-state index contributed by atoms with van der Waals surface area (Å²) in [7, 11) is 1.54. The number of ether oxygens (including phenoxy) is 1. The van der Waals surface area contributed by atoms with Crippen LogP contribution in [0.15, 0.2) is 41.3 Å². The van der Waals surface area contributed by atoms with Gasteiger partial charge in [0.25, 0.3) is 5.88 Å². The molecule has 3 aromatic heterocycles. The van der Waals surface area contributed by atoms with Crippen LogP contribution in [0.25, 0.3) is 11.1 Å². The molecule has 1 saturated heterocycles. The smallest absolute Gasteiger partial charge is 0.254 e. The summed E-state index contributed by atoms with van der Waals surface area (Å²) in [6.45, 7) is 2.85. The number of pyridine rings is 1. The normalized spacial score (nSPS) is 16.2. The average molecular weight is 436 g/mol. The van der Waals surface area contributed by atoms with E-state index in [2.05, 4.69) is 22.0 Å². The molecule has 168 valence electrons. The van der Waals surface area contributed by atoms with Crippen molar-refractivity contribution in [3.8, 4) is 17.0 Å². The van der Waals surface area contributed by atoms with Gasteiger partial charge in [-0.15, -0.1) is 0 Å². The zero-order valence-electron chi connectivity index (χ0n) is 18.7. The fraction of sp³-hybridized carbons (Fsp3) is 0.458. The molecule has 8 heteroatoms. The first-order valence-electron chi connectivity index (χ1n) is 11.2. The number of aryl methyl sites for hydroxylation is 2. The van der Waals surface area contributed by atoms with E-state index in [0.29, 0.717) is 24.5 Å². The van der Waals surface area contributed by atoms with Crippen molar-refractivity contribution in [1.82, 2.24) is 25.0 Å². The maximum absolute atomic E-state index is 13.3. The van der Waals surface area contributed by atoms with Crippen molar-refractivity contribution in [2.24, 2.45) is 0 Å². The third kappa shape index (κ3) is 4.95. The van der Waals surface area contributed by atoms with E-state index in [1.807, 2.05) is 23.2 Å². The van der Waals surface area contributed by atoms with Gasteiger partial charge >= 0.3 is 0 Å². The number of methoxy groups -OCH3 is 1. The largest absolute Gasteiger partial charge is 0.479 e. The third-order valence-corrected chi connectivity index (χ3v) is 5.80. The number of rotatable bonds is 8. The van der Waals surface area contributed by atoms with Gasteiger partial charge in [-0.05, 0) is 48.5 Å². The maximum Gasteiger partial charge on any atom is 0.254 e. The predicted molar refractivity (Wildman–Crippen MR) is 119 cm³/mol. The van der Waals surface area contributed by atoms with Gasteiger partial charge in [-0.1, -0.05) is 6.92 Å². The molecule has 4 heterocycles. The van der Waals surface area contributed by atoms with E-state index < -0.39 is 0 Å². The van der Waals surface area contributed by atoms with Gasteiger partial charge in [0.05, 0.1) is 18.8 Å². The fourth-order valence-corrected chi connectivity index (χ4v) is 4.18. The Kier molecular flexibility index (Phi) is 7.09. The number of hydrogen-bond donors (Lipinski definition) is 0. The van der Waals surface area contributed by atoms with Gasteiger partial charge in [0.1, 0.15) is 11.6 Å². The van der Waals surface area contributed by atoms with Crippen molar-refractivity contribution in [2.75, 3.05) is 13.7 Å². The molecule has 0 aliphatic carbocycles. The lowest BCUT2D eigenvalue weighted by Crippen LogP contribution is -2.39. The summed E-state index contributed by atoms with van der Waals surface area (Å²) in [5.41, 5.74) is 2.92. The van der Waals surface area contributed by atoms with Crippen molar-refractivity contribution in [3.63, 3.8) is 0 Å². The Morgan fingerprint density at radius 2 is 2.09 bits per heavy atom. The summed E-state index contributed by atoms with van der Waals surface area (Å²) in [4.78, 5) is 28.9. The highest BCUT2D eigenvalue weighted by Crippen LogP contribution is 2.36. The lowest BCUT2D eigenvalue weighted by atomic mass is 9.93. The molecule has 3 aromatic rings. The van der Waals surface area contributed by atoms with Crippen molar-refractivity contribution in [3.05, 3.63) is 54.1 Å². The average Bonchev–Trinajstić information content (AvgIpc) is 3.31. The lowest BCUT2D eigenvalue weighted by Gasteiger charge is -2.36. The second-order valence-electron chi connectivity index (χ2n) is 8.01. The number of aromatic nitrogens is 4. The molecule has 0 radical (unpaired) electrons. The first kappa shape index (κ1) is 21.9. The number of hydrogen-bond acceptors (Lipinski definition) is 7. The van der Waals surface area contributed by atoms with Gasteiger partial charge in [0.15, 0.2) is 0 Å². The number of piperidine rings is 1. The monoisotopic (exact) mass is 435 g/mol. The van der Waals surface area contributed by atoms with Crippen molar-refractivity contribution >= 4 is 5.91 Å². The minimum Gasteiger partial charge on any atom is -0.479 e. The highest BCUT2D eigenvalue weighted by atomic mass is 16.5. The number of likely N-dealkylation sites (tertiary alicyclic amines) is 1. The standard InChI is InChI=1S/C24H29N5O3/c1-3-6-21-26-16-19(17-10-12-25-13-11-17)24(27-21)20-7-4-5-14-29(20)23(30)9-8-18-15-22(31-2)28-32-18/h10-13,15-16,20H,3-9,14H2,1-2H3. The van der Waals surface area contributed by atoms with Crippen LogP contribution in [0.2, 0.25) is 0 Å². The van der Waals surface area contributed by atoms with Crippen molar-refractivity contribution in [1.29, 1.82) is 0 Å². The van der Waals surface area contributed by atoms with Gasteiger partial charge in [-0.2, -0.15) is 0 Å². The van der Waals surface area contributed by atoms with Crippen molar-refractivity contribution in [2.45, 2.75) is 57.9 Å². The Balaban J connectivity index is 1.60. The Hall–Kier alpha value is -3.29. The number of carbonyl (C=O) groups is 1. The summed E-state index contributed by atoms with van der Waals surface area (Å²) in [5, 5.41) is 3.82. The second kappa shape index (κ2) is 10.3. The second-order valence-corrected chi connectivity index (χ2v) is 8.01. The highest BCUT2D eigenvalue weighted by Gasteiger charge is 2.31. The fourth-order valence-electron chi connectivity index (χ4n) is 4.18. The van der Waals surface area contributed by atoms with E-state index >= 15 is 0 Å². The quantitative estimate of drug-likeness (QED) is 0.524. The molecule has 8 nitrogen and oxygen atoms in total. The van der Waals surface area contributed by atoms with Gasteiger partial charge in [-0.25, -0.2) is 9.97 Å². The van der Waals surface area contributed by atoms with Gasteiger partial charge < -0.3 is 14.2 Å².